The summed E-state index contributed by atoms with van der Waals surface area (Å²) in [6.45, 7) is 5.42. The fourth-order valence-corrected chi connectivity index (χ4v) is 2.52. The van der Waals surface area contributed by atoms with Crippen LogP contribution in [0.2, 0.25) is 0 Å². The highest BCUT2D eigenvalue weighted by Gasteiger charge is 2.10. The van der Waals surface area contributed by atoms with Gasteiger partial charge in [-0.05, 0) is 35.7 Å². The number of rotatable bonds is 3. The molecule has 0 unspecified atom stereocenters. The Hall–Kier alpha value is -2.56. The summed E-state index contributed by atoms with van der Waals surface area (Å²) in [5, 5.41) is 5.84. The quantitative estimate of drug-likeness (QED) is 0.545. The predicted molar refractivity (Wildman–Crippen MR) is 82.0 cm³/mol. The monoisotopic (exact) mass is 299 g/mol. The fourth-order valence-electron chi connectivity index (χ4n) is 2.52. The van der Waals surface area contributed by atoms with E-state index in [4.69, 9.17) is 8.83 Å². The van der Waals surface area contributed by atoms with Crippen molar-refractivity contribution < 1.29 is 18.5 Å². The van der Waals surface area contributed by atoms with Crippen LogP contribution in [0.4, 0.5) is 0 Å². The second kappa shape index (κ2) is 5.67. The molecule has 0 N–H and O–H groups in total. The van der Waals surface area contributed by atoms with Crippen molar-refractivity contribution in [1.82, 2.24) is 0 Å². The molecule has 0 radical (unpaired) electrons. The van der Waals surface area contributed by atoms with Crippen LogP contribution >= 0.6 is 0 Å². The van der Waals surface area contributed by atoms with Crippen LogP contribution in [0.3, 0.4) is 0 Å². The number of fused-ring (bicyclic) bond motifs is 2. The summed E-state index contributed by atoms with van der Waals surface area (Å²) in [5.41, 5.74) is 3.90. The molecule has 22 heavy (non-hydrogen) atoms. The van der Waals surface area contributed by atoms with Gasteiger partial charge in [0.05, 0.1) is 6.26 Å². The largest absolute Gasteiger partial charge is 0.464 e. The third-order valence-corrected chi connectivity index (χ3v) is 3.51. The van der Waals surface area contributed by atoms with Crippen LogP contribution in [-0.2, 0) is 16.1 Å². The summed E-state index contributed by atoms with van der Waals surface area (Å²) < 4.78 is 11.2. The lowest BCUT2D eigenvalue weighted by Crippen LogP contribution is -2.06. The molecule has 2 heterocycles. The van der Waals surface area contributed by atoms with Gasteiger partial charge in [0, 0.05) is 29.8 Å². The minimum Gasteiger partial charge on any atom is -0.464 e. The maximum Gasteiger partial charge on any atom is 0.332 e. The summed E-state index contributed by atoms with van der Waals surface area (Å²) in [6, 6.07) is 5.74. The Bertz CT molecular complexity index is 917. The van der Waals surface area contributed by atoms with E-state index in [1.165, 1.54) is 6.92 Å². The standard InChI is InChI=1S/C17H17NO4/c1-4-5-12-6-17(18-22-11(3)19)21-16-8-15-13(7-14(12)16)10(2)9-20-15/h6-9H,4-5H2,1-3H3/b18-17-. The first-order valence-corrected chi connectivity index (χ1v) is 7.24. The van der Waals surface area contributed by atoms with Gasteiger partial charge < -0.3 is 13.7 Å². The first kappa shape index (κ1) is 14.4. The molecule has 0 aliphatic rings. The maximum atomic E-state index is 10.9. The molecule has 5 nitrogen and oxygen atoms in total. The van der Waals surface area contributed by atoms with E-state index in [9.17, 15) is 4.79 Å². The first-order valence-electron chi connectivity index (χ1n) is 7.24. The maximum absolute atomic E-state index is 10.9. The molecule has 0 atom stereocenters. The van der Waals surface area contributed by atoms with Gasteiger partial charge in [-0.15, -0.1) is 0 Å². The molecule has 0 fully saturated rings. The molecule has 3 aromatic rings. The lowest BCUT2D eigenvalue weighted by Gasteiger charge is -2.05. The van der Waals surface area contributed by atoms with Gasteiger partial charge in [0.25, 0.3) is 5.55 Å². The number of nitrogens with zero attached hydrogens (tertiary/aromatic N) is 1. The van der Waals surface area contributed by atoms with Gasteiger partial charge >= 0.3 is 5.97 Å². The van der Waals surface area contributed by atoms with Crippen LogP contribution in [0.5, 0.6) is 0 Å². The Morgan fingerprint density at radius 2 is 2.05 bits per heavy atom. The summed E-state index contributed by atoms with van der Waals surface area (Å²) >= 11 is 0. The molecule has 0 aliphatic heterocycles. The molecule has 1 aromatic carbocycles. The van der Waals surface area contributed by atoms with E-state index < -0.39 is 5.97 Å². The number of hydrogen-bond acceptors (Lipinski definition) is 5. The topological polar surface area (TPSA) is 64.9 Å². The number of carbonyl (C=O) groups is 1. The Morgan fingerprint density at radius 3 is 2.77 bits per heavy atom. The average molecular weight is 299 g/mol. The van der Waals surface area contributed by atoms with Crippen molar-refractivity contribution in [3.63, 3.8) is 0 Å². The summed E-state index contributed by atoms with van der Waals surface area (Å²) in [7, 11) is 0. The zero-order chi connectivity index (χ0) is 15.7. The molecule has 0 bridgehead atoms. The van der Waals surface area contributed by atoms with E-state index >= 15 is 0 Å². The first-order chi connectivity index (χ1) is 10.6. The van der Waals surface area contributed by atoms with Crippen molar-refractivity contribution in [3.8, 4) is 0 Å². The molecule has 3 rings (SSSR count). The number of hydrogen-bond donors (Lipinski definition) is 0. The zero-order valence-corrected chi connectivity index (χ0v) is 12.8. The van der Waals surface area contributed by atoms with E-state index in [0.29, 0.717) is 5.58 Å². The van der Waals surface area contributed by atoms with Gasteiger partial charge in [0.2, 0.25) is 0 Å². The second-order valence-corrected chi connectivity index (χ2v) is 5.30. The summed E-state index contributed by atoms with van der Waals surface area (Å²) in [6.07, 6.45) is 3.61. The van der Waals surface area contributed by atoms with Gasteiger partial charge in [0.1, 0.15) is 11.2 Å². The van der Waals surface area contributed by atoms with Crippen molar-refractivity contribution in [3.05, 3.63) is 41.1 Å². The highest BCUT2D eigenvalue weighted by molar-refractivity contribution is 5.96. The Kier molecular flexibility index (Phi) is 3.71. The molecule has 0 saturated carbocycles. The summed E-state index contributed by atoms with van der Waals surface area (Å²) in [4.78, 5) is 15.6. The highest BCUT2D eigenvalue weighted by Crippen LogP contribution is 2.28. The third kappa shape index (κ3) is 2.62. The molecule has 114 valence electrons. The van der Waals surface area contributed by atoms with Crippen molar-refractivity contribution >= 4 is 27.9 Å². The Morgan fingerprint density at radius 1 is 1.23 bits per heavy atom. The Labute approximate surface area is 127 Å². The smallest absolute Gasteiger partial charge is 0.332 e. The van der Waals surface area contributed by atoms with Gasteiger partial charge in [-0.1, -0.05) is 13.3 Å². The molecule has 0 amide bonds. The molecule has 2 aromatic heterocycles. The molecular formula is C17H17NO4. The van der Waals surface area contributed by atoms with Crippen molar-refractivity contribution in [2.45, 2.75) is 33.6 Å². The van der Waals surface area contributed by atoms with E-state index in [-0.39, 0.29) is 5.55 Å². The lowest BCUT2D eigenvalue weighted by atomic mass is 10.0. The van der Waals surface area contributed by atoms with E-state index in [0.717, 1.165) is 40.3 Å². The molecule has 0 spiro atoms. The molecule has 5 heteroatoms. The normalized spacial score (nSPS) is 12.2. The fraction of sp³-hybridized carbons (Fsp3) is 0.294. The highest BCUT2D eigenvalue weighted by atomic mass is 16.7. The number of carbonyl (C=O) groups excluding carboxylic acids is 1. The van der Waals surface area contributed by atoms with Gasteiger partial charge in [-0.25, -0.2) is 4.79 Å². The number of benzene rings is 1. The number of furan rings is 1. The van der Waals surface area contributed by atoms with Crippen molar-refractivity contribution in [2.75, 3.05) is 0 Å². The summed E-state index contributed by atoms with van der Waals surface area (Å²) in [5.74, 6) is -0.482. The molecule has 0 saturated heterocycles. The molecular weight excluding hydrogens is 282 g/mol. The zero-order valence-electron chi connectivity index (χ0n) is 12.8. The Balaban J connectivity index is 2.28. The van der Waals surface area contributed by atoms with Crippen molar-refractivity contribution in [2.24, 2.45) is 5.16 Å². The second-order valence-electron chi connectivity index (χ2n) is 5.30. The van der Waals surface area contributed by atoms with E-state index in [1.54, 1.807) is 6.26 Å². The van der Waals surface area contributed by atoms with Crippen molar-refractivity contribution in [1.29, 1.82) is 0 Å². The number of aryl methyl sites for hydroxylation is 2. The van der Waals surface area contributed by atoms with Crippen LogP contribution < -0.4 is 5.55 Å². The molecule has 0 aliphatic carbocycles. The van der Waals surface area contributed by atoms with Crippen LogP contribution in [0, 0.1) is 6.92 Å². The van der Waals surface area contributed by atoms with Gasteiger partial charge in [-0.2, -0.15) is 0 Å². The van der Waals surface area contributed by atoms with E-state index in [1.807, 2.05) is 19.1 Å². The van der Waals surface area contributed by atoms with Crippen LogP contribution in [-0.4, -0.2) is 5.97 Å². The van der Waals surface area contributed by atoms with Crippen LogP contribution in [0.1, 0.15) is 31.4 Å². The van der Waals surface area contributed by atoms with Gasteiger partial charge in [-0.3, -0.25) is 0 Å². The minimum absolute atomic E-state index is 0.272. The van der Waals surface area contributed by atoms with Crippen LogP contribution in [0.15, 0.2) is 38.5 Å². The minimum atomic E-state index is -0.482. The van der Waals surface area contributed by atoms with E-state index in [2.05, 4.69) is 23.0 Å². The lowest BCUT2D eigenvalue weighted by molar-refractivity contribution is -0.141. The SMILES string of the molecule is CCCc1c/c(=N/OC(C)=O)oc2cc3occ(C)c3cc12. The predicted octanol–water partition coefficient (Wildman–Crippen LogP) is 3.82. The van der Waals surface area contributed by atoms with Gasteiger partial charge in [0.15, 0.2) is 0 Å². The third-order valence-electron chi connectivity index (χ3n) is 3.51. The average Bonchev–Trinajstić information content (AvgIpc) is 2.84. The van der Waals surface area contributed by atoms with Crippen LogP contribution in [0.25, 0.3) is 21.9 Å².